The summed E-state index contributed by atoms with van der Waals surface area (Å²) in [5.74, 6) is 0. The summed E-state index contributed by atoms with van der Waals surface area (Å²) in [4.78, 5) is 5.26. The van der Waals surface area contributed by atoms with Gasteiger partial charge in [-0.3, -0.25) is 4.90 Å². The zero-order valence-electron chi connectivity index (χ0n) is 12.3. The molecule has 1 heterocycles. The van der Waals surface area contributed by atoms with Gasteiger partial charge in [0.25, 0.3) is 0 Å². The van der Waals surface area contributed by atoms with Crippen LogP contribution in [0.3, 0.4) is 0 Å². The molecule has 0 radical (unpaired) electrons. The van der Waals surface area contributed by atoms with E-state index in [-0.39, 0.29) is 0 Å². The van der Waals surface area contributed by atoms with Crippen molar-refractivity contribution in [2.24, 2.45) is 0 Å². The molecule has 18 heavy (non-hydrogen) atoms. The third kappa shape index (κ3) is 3.94. The maximum Gasteiger partial charge on any atom is 0.0249 e. The molecule has 1 aliphatic carbocycles. The molecule has 1 saturated carbocycles. The van der Waals surface area contributed by atoms with Crippen LogP contribution in [0.15, 0.2) is 0 Å². The van der Waals surface area contributed by atoms with E-state index in [1.54, 1.807) is 0 Å². The van der Waals surface area contributed by atoms with Crippen LogP contribution in [0.25, 0.3) is 0 Å². The lowest BCUT2D eigenvalue weighted by Crippen LogP contribution is -2.52. The van der Waals surface area contributed by atoms with Gasteiger partial charge in [0.15, 0.2) is 0 Å². The molecule has 1 aliphatic heterocycles. The Labute approximate surface area is 113 Å². The molecule has 0 aromatic heterocycles. The fourth-order valence-electron chi connectivity index (χ4n) is 3.51. The second-order valence-corrected chi connectivity index (χ2v) is 6.11. The normalized spacial score (nSPS) is 32.3. The minimum atomic E-state index is 0.752. The highest BCUT2D eigenvalue weighted by molar-refractivity contribution is 4.89. The Morgan fingerprint density at radius 3 is 2.67 bits per heavy atom. The number of nitrogens with zero attached hydrogens (tertiary/aromatic N) is 2. The molecule has 3 heteroatoms. The van der Waals surface area contributed by atoms with E-state index in [0.717, 1.165) is 12.1 Å². The summed E-state index contributed by atoms with van der Waals surface area (Å²) in [5.41, 5.74) is 0. The molecule has 2 fully saturated rings. The second kappa shape index (κ2) is 7.46. The van der Waals surface area contributed by atoms with Gasteiger partial charge >= 0.3 is 0 Å². The SMILES string of the molecule is CCCNC1CCCCC1N1CCCN(C)CC1. The predicted octanol–water partition coefficient (Wildman–Crippen LogP) is 1.93. The summed E-state index contributed by atoms with van der Waals surface area (Å²) in [6.07, 6.45) is 8.24. The Morgan fingerprint density at radius 1 is 1.00 bits per heavy atom. The average molecular weight is 253 g/mol. The van der Waals surface area contributed by atoms with E-state index in [9.17, 15) is 0 Å². The third-order valence-electron chi connectivity index (χ3n) is 4.61. The van der Waals surface area contributed by atoms with Gasteiger partial charge in [-0.15, -0.1) is 0 Å². The van der Waals surface area contributed by atoms with Crippen molar-refractivity contribution in [2.45, 2.75) is 57.5 Å². The molecule has 106 valence electrons. The summed E-state index contributed by atoms with van der Waals surface area (Å²) in [5, 5.41) is 3.79. The fraction of sp³-hybridized carbons (Fsp3) is 1.00. The summed E-state index contributed by atoms with van der Waals surface area (Å²) in [7, 11) is 2.26. The van der Waals surface area contributed by atoms with Crippen LogP contribution in [0.5, 0.6) is 0 Å². The first-order valence-electron chi connectivity index (χ1n) is 7.97. The molecule has 0 aromatic rings. The maximum atomic E-state index is 3.79. The lowest BCUT2D eigenvalue weighted by atomic mass is 9.89. The quantitative estimate of drug-likeness (QED) is 0.826. The first-order valence-corrected chi connectivity index (χ1v) is 7.97. The highest BCUT2D eigenvalue weighted by Crippen LogP contribution is 2.24. The summed E-state index contributed by atoms with van der Waals surface area (Å²) < 4.78 is 0. The molecule has 0 amide bonds. The van der Waals surface area contributed by atoms with Crippen molar-refractivity contribution >= 4 is 0 Å². The van der Waals surface area contributed by atoms with Crippen LogP contribution in [0.1, 0.15) is 45.4 Å². The smallest absolute Gasteiger partial charge is 0.0249 e. The van der Waals surface area contributed by atoms with Gasteiger partial charge < -0.3 is 10.2 Å². The van der Waals surface area contributed by atoms with Gasteiger partial charge in [0.1, 0.15) is 0 Å². The van der Waals surface area contributed by atoms with Crippen molar-refractivity contribution in [3.63, 3.8) is 0 Å². The van der Waals surface area contributed by atoms with Crippen molar-refractivity contribution in [2.75, 3.05) is 39.8 Å². The van der Waals surface area contributed by atoms with Crippen LogP contribution in [0, 0.1) is 0 Å². The summed E-state index contributed by atoms with van der Waals surface area (Å²) in [6, 6.07) is 1.55. The monoisotopic (exact) mass is 253 g/mol. The fourth-order valence-corrected chi connectivity index (χ4v) is 3.51. The van der Waals surface area contributed by atoms with Crippen molar-refractivity contribution in [1.82, 2.24) is 15.1 Å². The van der Waals surface area contributed by atoms with E-state index in [1.165, 1.54) is 71.2 Å². The molecule has 2 rings (SSSR count). The van der Waals surface area contributed by atoms with E-state index in [1.807, 2.05) is 0 Å². The number of rotatable bonds is 4. The maximum absolute atomic E-state index is 3.79. The first-order chi connectivity index (χ1) is 8.81. The topological polar surface area (TPSA) is 18.5 Å². The largest absolute Gasteiger partial charge is 0.312 e. The second-order valence-electron chi connectivity index (χ2n) is 6.11. The minimum absolute atomic E-state index is 0.752. The molecule has 0 aromatic carbocycles. The van der Waals surface area contributed by atoms with Crippen LogP contribution < -0.4 is 5.32 Å². The van der Waals surface area contributed by atoms with Gasteiger partial charge in [0, 0.05) is 25.2 Å². The zero-order chi connectivity index (χ0) is 12.8. The van der Waals surface area contributed by atoms with E-state index >= 15 is 0 Å². The molecule has 2 aliphatic rings. The number of nitrogens with one attached hydrogen (secondary N) is 1. The van der Waals surface area contributed by atoms with Crippen molar-refractivity contribution in [1.29, 1.82) is 0 Å². The molecule has 2 unspecified atom stereocenters. The van der Waals surface area contributed by atoms with Gasteiger partial charge in [0.05, 0.1) is 0 Å². The summed E-state index contributed by atoms with van der Waals surface area (Å²) in [6.45, 7) is 8.55. The minimum Gasteiger partial charge on any atom is -0.312 e. The Balaban J connectivity index is 1.90. The van der Waals surface area contributed by atoms with Gasteiger partial charge in [-0.25, -0.2) is 0 Å². The Bertz CT molecular complexity index is 232. The molecule has 2 atom stereocenters. The van der Waals surface area contributed by atoms with Crippen LogP contribution in [0.4, 0.5) is 0 Å². The van der Waals surface area contributed by atoms with E-state index in [0.29, 0.717) is 0 Å². The lowest BCUT2D eigenvalue weighted by molar-refractivity contribution is 0.126. The van der Waals surface area contributed by atoms with Gasteiger partial charge in [0.2, 0.25) is 0 Å². The molecule has 1 saturated heterocycles. The Morgan fingerprint density at radius 2 is 1.83 bits per heavy atom. The first kappa shape index (κ1) is 14.3. The van der Waals surface area contributed by atoms with E-state index in [4.69, 9.17) is 0 Å². The molecule has 1 N–H and O–H groups in total. The van der Waals surface area contributed by atoms with Gasteiger partial charge in [-0.2, -0.15) is 0 Å². The number of hydrogen-bond acceptors (Lipinski definition) is 3. The third-order valence-corrected chi connectivity index (χ3v) is 4.61. The predicted molar refractivity (Wildman–Crippen MR) is 78.0 cm³/mol. The van der Waals surface area contributed by atoms with E-state index in [2.05, 4.69) is 29.1 Å². The van der Waals surface area contributed by atoms with Crippen LogP contribution in [-0.4, -0.2) is 61.7 Å². The average Bonchev–Trinajstić information content (AvgIpc) is 2.61. The van der Waals surface area contributed by atoms with Crippen molar-refractivity contribution in [3.05, 3.63) is 0 Å². The van der Waals surface area contributed by atoms with Crippen LogP contribution in [0.2, 0.25) is 0 Å². The Kier molecular flexibility index (Phi) is 5.93. The molecule has 3 nitrogen and oxygen atoms in total. The molecular weight excluding hydrogens is 222 g/mol. The highest BCUT2D eigenvalue weighted by atomic mass is 15.2. The van der Waals surface area contributed by atoms with Crippen molar-refractivity contribution in [3.8, 4) is 0 Å². The standard InChI is InChI=1S/C15H31N3/c1-3-9-16-14-7-4-5-8-15(14)18-11-6-10-17(2)12-13-18/h14-16H,3-13H2,1-2H3. The van der Waals surface area contributed by atoms with Gasteiger partial charge in [-0.1, -0.05) is 19.8 Å². The molecule has 0 bridgehead atoms. The van der Waals surface area contributed by atoms with Gasteiger partial charge in [-0.05, 0) is 52.4 Å². The van der Waals surface area contributed by atoms with Crippen LogP contribution >= 0.6 is 0 Å². The van der Waals surface area contributed by atoms with E-state index < -0.39 is 0 Å². The summed E-state index contributed by atoms with van der Waals surface area (Å²) >= 11 is 0. The lowest BCUT2D eigenvalue weighted by Gasteiger charge is -2.40. The number of hydrogen-bond donors (Lipinski definition) is 1. The zero-order valence-corrected chi connectivity index (χ0v) is 12.3. The number of likely N-dealkylation sites (N-methyl/N-ethyl adjacent to an activating group) is 1. The molecule has 0 spiro atoms. The van der Waals surface area contributed by atoms with Crippen molar-refractivity contribution < 1.29 is 0 Å². The molecular formula is C15H31N3. The highest BCUT2D eigenvalue weighted by Gasteiger charge is 2.30. The van der Waals surface area contributed by atoms with Crippen LogP contribution in [-0.2, 0) is 0 Å². The Hall–Kier alpha value is -0.120.